The van der Waals surface area contributed by atoms with Gasteiger partial charge in [0.2, 0.25) is 0 Å². The zero-order valence-corrected chi connectivity index (χ0v) is 10.4. The van der Waals surface area contributed by atoms with Crippen LogP contribution in [0.5, 0.6) is 0 Å². The summed E-state index contributed by atoms with van der Waals surface area (Å²) in [5.74, 6) is -0.147. The third-order valence-electron chi connectivity index (χ3n) is 3.28. The number of hydrogen-bond acceptors (Lipinski definition) is 3. The average molecular weight is 258 g/mol. The van der Waals surface area contributed by atoms with E-state index in [-0.39, 0.29) is 11.5 Å². The molecule has 0 bridgehead atoms. The Morgan fingerprint density at radius 2 is 1.95 bits per heavy atom. The number of aromatic amines is 1. The molecule has 19 heavy (non-hydrogen) atoms. The van der Waals surface area contributed by atoms with Gasteiger partial charge in [0.1, 0.15) is 5.69 Å². The van der Waals surface area contributed by atoms with Crippen LogP contribution in [0, 0.1) is 0 Å². The summed E-state index contributed by atoms with van der Waals surface area (Å²) < 4.78 is 5.21. The van der Waals surface area contributed by atoms with E-state index in [9.17, 15) is 9.59 Å². The Labute approximate surface area is 109 Å². The molecule has 0 unspecified atom stereocenters. The largest absolute Gasteiger partial charge is 0.378 e. The minimum atomic E-state index is -0.227. The first-order chi connectivity index (χ1) is 9.25. The number of benzene rings is 1. The van der Waals surface area contributed by atoms with E-state index in [4.69, 9.17) is 4.74 Å². The predicted molar refractivity (Wildman–Crippen MR) is 71.3 cm³/mol. The lowest BCUT2D eigenvalue weighted by atomic mass is 10.1. The molecule has 1 aromatic carbocycles. The summed E-state index contributed by atoms with van der Waals surface area (Å²) in [6, 6.07) is 8.97. The van der Waals surface area contributed by atoms with Gasteiger partial charge in [0.15, 0.2) is 0 Å². The van der Waals surface area contributed by atoms with Crippen molar-refractivity contribution in [1.82, 2.24) is 9.88 Å². The summed E-state index contributed by atoms with van der Waals surface area (Å²) in [7, 11) is 0. The van der Waals surface area contributed by atoms with Crippen molar-refractivity contribution in [3.05, 3.63) is 46.4 Å². The number of rotatable bonds is 1. The fraction of sp³-hybridized carbons (Fsp3) is 0.286. The SMILES string of the molecule is O=C(c1cc2ccccc2c(=O)[nH]1)N1CCOCC1. The van der Waals surface area contributed by atoms with E-state index in [0.29, 0.717) is 37.4 Å². The highest BCUT2D eigenvalue weighted by Crippen LogP contribution is 2.12. The van der Waals surface area contributed by atoms with Gasteiger partial charge in [-0.05, 0) is 17.5 Å². The summed E-state index contributed by atoms with van der Waals surface area (Å²) >= 11 is 0. The molecular formula is C14H14N2O3. The van der Waals surface area contributed by atoms with Crippen LogP contribution in [0.15, 0.2) is 35.1 Å². The Kier molecular flexibility index (Phi) is 3.05. The van der Waals surface area contributed by atoms with Gasteiger partial charge < -0.3 is 14.6 Å². The topological polar surface area (TPSA) is 62.4 Å². The van der Waals surface area contributed by atoms with Gasteiger partial charge in [-0.1, -0.05) is 18.2 Å². The monoisotopic (exact) mass is 258 g/mol. The number of hydrogen-bond donors (Lipinski definition) is 1. The van der Waals surface area contributed by atoms with Crippen molar-refractivity contribution >= 4 is 16.7 Å². The van der Waals surface area contributed by atoms with Gasteiger partial charge in [-0.2, -0.15) is 0 Å². The number of amides is 1. The Hall–Kier alpha value is -2.14. The second-order valence-corrected chi connectivity index (χ2v) is 4.50. The van der Waals surface area contributed by atoms with Crippen LogP contribution in [0.4, 0.5) is 0 Å². The quantitative estimate of drug-likeness (QED) is 0.830. The molecule has 0 saturated carbocycles. The van der Waals surface area contributed by atoms with Crippen LogP contribution in [0.25, 0.3) is 10.8 Å². The number of nitrogens with one attached hydrogen (secondary N) is 1. The molecule has 2 heterocycles. The summed E-state index contributed by atoms with van der Waals surface area (Å²) in [5.41, 5.74) is 0.111. The van der Waals surface area contributed by atoms with E-state index in [1.807, 2.05) is 12.1 Å². The molecule has 98 valence electrons. The molecule has 5 nitrogen and oxygen atoms in total. The first kappa shape index (κ1) is 11.9. The van der Waals surface area contributed by atoms with Crippen molar-refractivity contribution in [3.8, 4) is 0 Å². The molecule has 1 aliphatic heterocycles. The van der Waals surface area contributed by atoms with Crippen LogP contribution >= 0.6 is 0 Å². The molecule has 0 atom stereocenters. The van der Waals surface area contributed by atoms with Gasteiger partial charge in [0.25, 0.3) is 11.5 Å². The molecule has 5 heteroatoms. The van der Waals surface area contributed by atoms with Crippen LogP contribution in [0.3, 0.4) is 0 Å². The third kappa shape index (κ3) is 2.24. The van der Waals surface area contributed by atoms with Crippen LogP contribution in [0.2, 0.25) is 0 Å². The van der Waals surface area contributed by atoms with Crippen molar-refractivity contribution in [2.75, 3.05) is 26.3 Å². The number of morpholine rings is 1. The van der Waals surface area contributed by atoms with Crippen molar-refractivity contribution in [2.24, 2.45) is 0 Å². The van der Waals surface area contributed by atoms with Crippen LogP contribution in [-0.4, -0.2) is 42.1 Å². The highest BCUT2D eigenvalue weighted by molar-refractivity contribution is 5.96. The van der Waals surface area contributed by atoms with Crippen molar-refractivity contribution < 1.29 is 9.53 Å². The maximum Gasteiger partial charge on any atom is 0.270 e. The fourth-order valence-corrected chi connectivity index (χ4v) is 2.26. The summed E-state index contributed by atoms with van der Waals surface area (Å²) in [6.45, 7) is 2.22. The average Bonchev–Trinajstić information content (AvgIpc) is 2.47. The zero-order chi connectivity index (χ0) is 13.2. The van der Waals surface area contributed by atoms with Gasteiger partial charge in [-0.25, -0.2) is 0 Å². The lowest BCUT2D eigenvalue weighted by molar-refractivity contribution is 0.0299. The van der Waals surface area contributed by atoms with Crippen molar-refractivity contribution in [3.63, 3.8) is 0 Å². The van der Waals surface area contributed by atoms with E-state index < -0.39 is 0 Å². The molecule has 0 radical (unpaired) electrons. The molecule has 1 aromatic heterocycles. The minimum Gasteiger partial charge on any atom is -0.378 e. The number of ether oxygens (including phenoxy) is 1. The molecule has 2 aromatic rings. The lowest BCUT2D eigenvalue weighted by Crippen LogP contribution is -2.41. The molecule has 0 spiro atoms. The Morgan fingerprint density at radius 3 is 2.74 bits per heavy atom. The van der Waals surface area contributed by atoms with Crippen LogP contribution in [-0.2, 0) is 4.74 Å². The first-order valence-electron chi connectivity index (χ1n) is 6.25. The molecule has 1 saturated heterocycles. The minimum absolute atomic E-state index is 0.147. The molecule has 1 fully saturated rings. The second kappa shape index (κ2) is 4.85. The normalized spacial score (nSPS) is 15.7. The molecule has 3 rings (SSSR count). The number of pyridine rings is 1. The molecule has 1 N–H and O–H groups in total. The molecule has 1 aliphatic rings. The zero-order valence-electron chi connectivity index (χ0n) is 10.4. The Bertz CT molecular complexity index is 672. The lowest BCUT2D eigenvalue weighted by Gasteiger charge is -2.26. The van der Waals surface area contributed by atoms with Crippen LogP contribution in [0.1, 0.15) is 10.5 Å². The standard InChI is InChI=1S/C14H14N2O3/c17-13-11-4-2-1-3-10(11)9-12(15-13)14(18)16-5-7-19-8-6-16/h1-4,9H,5-8H2,(H,15,17). The summed E-state index contributed by atoms with van der Waals surface area (Å²) in [5, 5.41) is 1.38. The highest BCUT2D eigenvalue weighted by Gasteiger charge is 2.19. The van der Waals surface area contributed by atoms with E-state index >= 15 is 0 Å². The van der Waals surface area contributed by atoms with Gasteiger partial charge in [-0.15, -0.1) is 0 Å². The van der Waals surface area contributed by atoms with Gasteiger partial charge in [-0.3, -0.25) is 9.59 Å². The van der Waals surface area contributed by atoms with E-state index in [2.05, 4.69) is 4.98 Å². The number of H-pyrrole nitrogens is 1. The predicted octanol–water partition coefficient (Wildman–Crippen LogP) is 1.00. The van der Waals surface area contributed by atoms with E-state index in [1.54, 1.807) is 23.1 Å². The van der Waals surface area contributed by atoms with Crippen molar-refractivity contribution in [2.45, 2.75) is 0 Å². The van der Waals surface area contributed by atoms with E-state index in [1.165, 1.54) is 0 Å². The maximum absolute atomic E-state index is 12.3. The summed E-state index contributed by atoms with van der Waals surface area (Å²) in [4.78, 5) is 28.6. The maximum atomic E-state index is 12.3. The van der Waals surface area contributed by atoms with Crippen LogP contribution < -0.4 is 5.56 Å². The van der Waals surface area contributed by atoms with Crippen molar-refractivity contribution in [1.29, 1.82) is 0 Å². The van der Waals surface area contributed by atoms with Gasteiger partial charge in [0.05, 0.1) is 13.2 Å². The number of carbonyl (C=O) groups excluding carboxylic acids is 1. The highest BCUT2D eigenvalue weighted by atomic mass is 16.5. The number of nitrogens with zero attached hydrogens (tertiary/aromatic N) is 1. The first-order valence-corrected chi connectivity index (χ1v) is 6.25. The number of carbonyl (C=O) groups is 1. The number of fused-ring (bicyclic) bond motifs is 1. The van der Waals surface area contributed by atoms with Gasteiger partial charge >= 0.3 is 0 Å². The fourth-order valence-electron chi connectivity index (χ4n) is 2.26. The Morgan fingerprint density at radius 1 is 1.21 bits per heavy atom. The molecular weight excluding hydrogens is 244 g/mol. The smallest absolute Gasteiger partial charge is 0.270 e. The molecule has 0 aliphatic carbocycles. The Balaban J connectivity index is 2.00. The van der Waals surface area contributed by atoms with E-state index in [0.717, 1.165) is 5.39 Å². The number of aromatic nitrogens is 1. The summed E-state index contributed by atoms with van der Waals surface area (Å²) in [6.07, 6.45) is 0. The van der Waals surface area contributed by atoms with Gasteiger partial charge in [0, 0.05) is 18.5 Å². The third-order valence-corrected chi connectivity index (χ3v) is 3.28. The second-order valence-electron chi connectivity index (χ2n) is 4.50. The molecule has 1 amide bonds.